The number of alkyl carbamates (subject to hydrolysis) is 1. The van der Waals surface area contributed by atoms with Gasteiger partial charge in [0.25, 0.3) is 5.24 Å². The second-order valence-electron chi connectivity index (χ2n) is 7.51. The number of hydrogen-bond donors (Lipinski definition) is 1. The maximum atomic E-state index is 12.4. The summed E-state index contributed by atoms with van der Waals surface area (Å²) in [6.45, 7) is 15.8. The van der Waals surface area contributed by atoms with E-state index in [0.717, 1.165) is 0 Å². The van der Waals surface area contributed by atoms with E-state index in [9.17, 15) is 9.59 Å². The van der Waals surface area contributed by atoms with Crippen LogP contribution in [0, 0.1) is 0 Å². The lowest BCUT2D eigenvalue weighted by Gasteiger charge is -2.25. The Morgan fingerprint density at radius 2 is 1.86 bits per heavy atom. The third-order valence-corrected chi connectivity index (χ3v) is 3.99. The van der Waals surface area contributed by atoms with Crippen molar-refractivity contribution in [2.75, 3.05) is 6.54 Å². The number of thioether (sulfide) groups is 1. The fraction of sp³-hybridized carbons (Fsp3) is 0.750. The van der Waals surface area contributed by atoms with Crippen LogP contribution < -0.4 is 5.32 Å². The molecule has 126 valence electrons. The largest absolute Gasteiger partial charge is 0.444 e. The van der Waals surface area contributed by atoms with Gasteiger partial charge in [0, 0.05) is 11.3 Å². The third kappa shape index (κ3) is 6.30. The van der Waals surface area contributed by atoms with Crippen molar-refractivity contribution < 1.29 is 14.3 Å². The van der Waals surface area contributed by atoms with Gasteiger partial charge in [-0.25, -0.2) is 4.79 Å². The molecule has 0 saturated carbocycles. The molecule has 1 aliphatic heterocycles. The second kappa shape index (κ2) is 6.94. The fourth-order valence-corrected chi connectivity index (χ4v) is 3.05. The van der Waals surface area contributed by atoms with Gasteiger partial charge in [0.1, 0.15) is 5.60 Å². The molecule has 2 amide bonds. The zero-order chi connectivity index (χ0) is 17.1. The Kier molecular flexibility index (Phi) is 5.96. The lowest BCUT2D eigenvalue weighted by Crippen LogP contribution is -2.41. The highest BCUT2D eigenvalue weighted by molar-refractivity contribution is 8.14. The first kappa shape index (κ1) is 18.9. The van der Waals surface area contributed by atoms with Crippen LogP contribution in [0.3, 0.4) is 0 Å². The van der Waals surface area contributed by atoms with Gasteiger partial charge in [0.05, 0.1) is 12.1 Å². The van der Waals surface area contributed by atoms with Crippen LogP contribution in [0.25, 0.3) is 0 Å². The predicted octanol–water partition coefficient (Wildman–Crippen LogP) is 3.79. The van der Waals surface area contributed by atoms with E-state index in [0.29, 0.717) is 13.0 Å². The van der Waals surface area contributed by atoms with E-state index in [2.05, 4.69) is 11.9 Å². The standard InChI is InChI=1S/C16H28N2O3S/c1-8-12-9-11(17-13(19)21-15(2,3)4)10-18(12)14(20)22-16(5,6)7/h8,11-12H,1,9-10H2,2-7H3,(H,17,19)/t11-,12+/m0/s1. The van der Waals surface area contributed by atoms with Crippen molar-refractivity contribution in [2.45, 2.75) is 70.4 Å². The van der Waals surface area contributed by atoms with Crippen LogP contribution in [0.15, 0.2) is 12.7 Å². The number of hydrogen-bond acceptors (Lipinski definition) is 4. The number of carbonyl (C=O) groups is 2. The van der Waals surface area contributed by atoms with E-state index in [1.807, 2.05) is 41.5 Å². The molecule has 22 heavy (non-hydrogen) atoms. The summed E-state index contributed by atoms with van der Waals surface area (Å²) in [4.78, 5) is 26.0. The van der Waals surface area contributed by atoms with Crippen molar-refractivity contribution in [1.29, 1.82) is 0 Å². The van der Waals surface area contributed by atoms with Crippen LogP contribution >= 0.6 is 11.8 Å². The third-order valence-electron chi connectivity index (χ3n) is 2.96. The lowest BCUT2D eigenvalue weighted by atomic mass is 10.2. The molecule has 0 aromatic carbocycles. The van der Waals surface area contributed by atoms with Gasteiger partial charge in [-0.3, -0.25) is 4.79 Å². The summed E-state index contributed by atoms with van der Waals surface area (Å²) in [5.41, 5.74) is -0.530. The number of rotatable bonds is 2. The molecule has 0 unspecified atom stereocenters. The van der Waals surface area contributed by atoms with Gasteiger partial charge in [-0.15, -0.1) is 6.58 Å². The molecule has 5 nitrogen and oxygen atoms in total. The lowest BCUT2D eigenvalue weighted by molar-refractivity contribution is 0.0506. The smallest absolute Gasteiger partial charge is 0.407 e. The average molecular weight is 328 g/mol. The van der Waals surface area contributed by atoms with Gasteiger partial charge in [-0.05, 0) is 27.2 Å². The number of carbonyl (C=O) groups excluding carboxylic acids is 2. The van der Waals surface area contributed by atoms with Crippen molar-refractivity contribution in [3.63, 3.8) is 0 Å². The number of likely N-dealkylation sites (tertiary alicyclic amines) is 1. The summed E-state index contributed by atoms with van der Waals surface area (Å²) in [6.07, 6.45) is 1.98. The molecule has 1 fully saturated rings. The summed E-state index contributed by atoms with van der Waals surface area (Å²) in [7, 11) is 0. The van der Waals surface area contributed by atoms with Crippen LogP contribution in [-0.2, 0) is 4.74 Å². The Morgan fingerprint density at radius 3 is 2.32 bits per heavy atom. The molecule has 1 heterocycles. The van der Waals surface area contributed by atoms with Crippen molar-refractivity contribution in [3.05, 3.63) is 12.7 Å². The topological polar surface area (TPSA) is 58.6 Å². The molecule has 0 bridgehead atoms. The van der Waals surface area contributed by atoms with Crippen LogP contribution in [0.2, 0.25) is 0 Å². The Bertz CT molecular complexity index is 438. The van der Waals surface area contributed by atoms with Crippen LogP contribution in [0.1, 0.15) is 48.0 Å². The summed E-state index contributed by atoms with van der Waals surface area (Å²) in [5.74, 6) is 0. The van der Waals surface area contributed by atoms with E-state index >= 15 is 0 Å². The number of amides is 2. The first-order valence-electron chi connectivity index (χ1n) is 7.53. The van der Waals surface area contributed by atoms with Gasteiger partial charge >= 0.3 is 6.09 Å². The number of nitrogens with zero attached hydrogens (tertiary/aromatic N) is 1. The van der Waals surface area contributed by atoms with Crippen LogP contribution in [0.5, 0.6) is 0 Å². The maximum absolute atomic E-state index is 12.4. The molecule has 0 aromatic rings. The molecule has 0 aliphatic carbocycles. The van der Waals surface area contributed by atoms with Crippen molar-refractivity contribution >= 4 is 23.1 Å². The highest BCUT2D eigenvalue weighted by Crippen LogP contribution is 2.30. The first-order valence-corrected chi connectivity index (χ1v) is 8.34. The van der Waals surface area contributed by atoms with Gasteiger partial charge in [0.15, 0.2) is 0 Å². The zero-order valence-electron chi connectivity index (χ0n) is 14.4. The highest BCUT2D eigenvalue weighted by Gasteiger charge is 2.36. The minimum Gasteiger partial charge on any atom is -0.444 e. The molecule has 2 atom stereocenters. The molecule has 0 spiro atoms. The summed E-state index contributed by atoms with van der Waals surface area (Å²) >= 11 is 1.30. The Hall–Kier alpha value is -1.17. The van der Waals surface area contributed by atoms with E-state index in [1.54, 1.807) is 11.0 Å². The summed E-state index contributed by atoms with van der Waals surface area (Å²) in [6, 6.07) is -0.162. The van der Waals surface area contributed by atoms with E-state index in [-0.39, 0.29) is 22.1 Å². The van der Waals surface area contributed by atoms with Gasteiger partial charge in [-0.1, -0.05) is 38.6 Å². The van der Waals surface area contributed by atoms with Crippen molar-refractivity contribution in [1.82, 2.24) is 10.2 Å². The SMILES string of the molecule is C=C[C@@H]1C[C@H](NC(=O)OC(C)(C)C)CN1C(=O)SC(C)(C)C. The molecule has 1 aliphatic rings. The van der Waals surface area contributed by atoms with E-state index in [4.69, 9.17) is 4.74 Å². The van der Waals surface area contributed by atoms with Crippen molar-refractivity contribution in [2.24, 2.45) is 0 Å². The molecule has 6 heteroatoms. The Balaban J connectivity index is 2.63. The summed E-state index contributed by atoms with van der Waals surface area (Å²) in [5, 5.41) is 2.85. The van der Waals surface area contributed by atoms with Crippen molar-refractivity contribution in [3.8, 4) is 0 Å². The Labute approximate surface area is 137 Å². The van der Waals surface area contributed by atoms with Crippen LogP contribution in [0.4, 0.5) is 9.59 Å². The quantitative estimate of drug-likeness (QED) is 0.784. The maximum Gasteiger partial charge on any atom is 0.407 e. The van der Waals surface area contributed by atoms with Gasteiger partial charge < -0.3 is 15.0 Å². The minimum atomic E-state index is -0.530. The normalized spacial score (nSPS) is 22.4. The van der Waals surface area contributed by atoms with E-state index in [1.165, 1.54) is 11.8 Å². The van der Waals surface area contributed by atoms with E-state index < -0.39 is 11.7 Å². The monoisotopic (exact) mass is 328 g/mol. The number of nitrogens with one attached hydrogen (secondary N) is 1. The molecular formula is C16H28N2O3S. The molecule has 1 rings (SSSR count). The fourth-order valence-electron chi connectivity index (χ4n) is 2.20. The first-order chi connectivity index (χ1) is 9.91. The Morgan fingerprint density at radius 1 is 1.27 bits per heavy atom. The molecular weight excluding hydrogens is 300 g/mol. The molecule has 1 N–H and O–H groups in total. The molecule has 1 saturated heterocycles. The summed E-state index contributed by atoms with van der Waals surface area (Å²) < 4.78 is 5.12. The highest BCUT2D eigenvalue weighted by atomic mass is 32.2. The van der Waals surface area contributed by atoms with Gasteiger partial charge in [-0.2, -0.15) is 0 Å². The molecule has 0 aromatic heterocycles. The average Bonchev–Trinajstić information content (AvgIpc) is 2.66. The second-order valence-corrected chi connectivity index (χ2v) is 9.29. The van der Waals surface area contributed by atoms with Crippen LogP contribution in [-0.4, -0.2) is 45.2 Å². The predicted molar refractivity (Wildman–Crippen MR) is 91.2 cm³/mol. The van der Waals surface area contributed by atoms with Gasteiger partial charge in [0.2, 0.25) is 0 Å². The molecule has 0 radical (unpaired) electrons. The zero-order valence-corrected chi connectivity index (χ0v) is 15.3. The minimum absolute atomic E-state index is 0.0193. The number of ether oxygens (including phenoxy) is 1.